The molecule has 0 aromatic heterocycles. The number of amides is 2. The predicted molar refractivity (Wildman–Crippen MR) is 49.5 cm³/mol. The van der Waals surface area contributed by atoms with Crippen LogP contribution in [0, 0.1) is 0 Å². The van der Waals surface area contributed by atoms with Crippen molar-refractivity contribution in [3.63, 3.8) is 0 Å². The van der Waals surface area contributed by atoms with E-state index >= 15 is 0 Å². The lowest BCUT2D eigenvalue weighted by Crippen LogP contribution is -2.59. The summed E-state index contributed by atoms with van der Waals surface area (Å²) in [5.41, 5.74) is 4.56. The van der Waals surface area contributed by atoms with Crippen LogP contribution in [0.1, 0.15) is 34.1 Å². The molecule has 13 heavy (non-hydrogen) atoms. The molecule has 0 aliphatic carbocycles. The van der Waals surface area contributed by atoms with E-state index in [4.69, 9.17) is 0 Å². The highest BCUT2D eigenvalue weighted by molar-refractivity contribution is 5.75. The molecule has 0 spiro atoms. The zero-order chi connectivity index (χ0) is 10.5. The fraction of sp³-hybridized carbons (Fsp3) is 0.750. The first-order valence-electron chi connectivity index (χ1n) is 4.22. The number of hydrazine groups is 1. The van der Waals surface area contributed by atoms with Crippen molar-refractivity contribution in [3.05, 3.63) is 0 Å². The monoisotopic (exact) mass is 187 g/mol. The van der Waals surface area contributed by atoms with Crippen LogP contribution in [-0.4, -0.2) is 17.5 Å². The minimum Gasteiger partial charge on any atom is -0.337 e. The third-order valence-corrected chi connectivity index (χ3v) is 1.32. The standard InChI is InChI=1S/C8H17N3O2/c1-5-7(13)10-11-8(3,4)9-6(2)12/h11H,5H2,1-4H3,(H,9,12)(H,10,13). The summed E-state index contributed by atoms with van der Waals surface area (Å²) in [4.78, 5) is 21.6. The van der Waals surface area contributed by atoms with Gasteiger partial charge in [-0.25, -0.2) is 5.43 Å². The van der Waals surface area contributed by atoms with Crippen LogP contribution in [0.5, 0.6) is 0 Å². The maximum absolute atomic E-state index is 10.9. The van der Waals surface area contributed by atoms with E-state index in [1.54, 1.807) is 20.8 Å². The van der Waals surface area contributed by atoms with Gasteiger partial charge in [-0.1, -0.05) is 6.92 Å². The van der Waals surface area contributed by atoms with E-state index < -0.39 is 5.66 Å². The van der Waals surface area contributed by atoms with E-state index in [-0.39, 0.29) is 11.8 Å². The number of nitrogens with one attached hydrogen (secondary N) is 3. The van der Waals surface area contributed by atoms with Crippen LogP contribution < -0.4 is 16.2 Å². The van der Waals surface area contributed by atoms with Gasteiger partial charge in [0.05, 0.1) is 0 Å². The van der Waals surface area contributed by atoms with Gasteiger partial charge in [-0.2, -0.15) is 0 Å². The largest absolute Gasteiger partial charge is 0.337 e. The molecule has 3 N–H and O–H groups in total. The average molecular weight is 187 g/mol. The summed E-state index contributed by atoms with van der Waals surface area (Å²) in [6.07, 6.45) is 0.406. The van der Waals surface area contributed by atoms with E-state index in [1.165, 1.54) is 6.92 Å². The van der Waals surface area contributed by atoms with Crippen molar-refractivity contribution in [1.82, 2.24) is 16.2 Å². The summed E-state index contributed by atoms with van der Waals surface area (Å²) in [6, 6.07) is 0. The molecule has 2 amide bonds. The van der Waals surface area contributed by atoms with Crippen molar-refractivity contribution in [2.75, 3.05) is 0 Å². The minimum absolute atomic E-state index is 0.113. The topological polar surface area (TPSA) is 70.2 Å². The van der Waals surface area contributed by atoms with E-state index in [2.05, 4.69) is 16.2 Å². The Kier molecular flexibility index (Phi) is 4.40. The molecule has 5 nitrogen and oxygen atoms in total. The first-order chi connectivity index (χ1) is 5.87. The van der Waals surface area contributed by atoms with Crippen LogP contribution in [0.25, 0.3) is 0 Å². The van der Waals surface area contributed by atoms with Crippen LogP contribution >= 0.6 is 0 Å². The zero-order valence-electron chi connectivity index (χ0n) is 8.52. The molecule has 0 fully saturated rings. The Bertz CT molecular complexity index is 202. The molecular weight excluding hydrogens is 170 g/mol. The quantitative estimate of drug-likeness (QED) is 0.425. The Hall–Kier alpha value is -1.10. The molecule has 0 aliphatic heterocycles. The molecular formula is C8H17N3O2. The van der Waals surface area contributed by atoms with Gasteiger partial charge in [-0.3, -0.25) is 15.0 Å². The Labute approximate surface area is 78.2 Å². The van der Waals surface area contributed by atoms with Crippen molar-refractivity contribution in [2.24, 2.45) is 0 Å². The second kappa shape index (κ2) is 4.81. The number of hydrogen-bond donors (Lipinski definition) is 3. The molecule has 0 saturated heterocycles. The molecule has 0 saturated carbocycles. The third-order valence-electron chi connectivity index (χ3n) is 1.32. The molecule has 0 unspecified atom stereocenters. The summed E-state index contributed by atoms with van der Waals surface area (Å²) in [5, 5.41) is 2.63. The molecule has 0 aromatic carbocycles. The molecule has 0 heterocycles. The van der Waals surface area contributed by atoms with Crippen LogP contribution in [-0.2, 0) is 9.59 Å². The van der Waals surface area contributed by atoms with Gasteiger partial charge >= 0.3 is 0 Å². The summed E-state index contributed by atoms with van der Waals surface area (Å²) in [6.45, 7) is 6.68. The fourth-order valence-corrected chi connectivity index (χ4v) is 0.786. The molecule has 76 valence electrons. The highest BCUT2D eigenvalue weighted by Crippen LogP contribution is 1.93. The highest BCUT2D eigenvalue weighted by atomic mass is 16.2. The van der Waals surface area contributed by atoms with Gasteiger partial charge in [0, 0.05) is 13.3 Å². The second-order valence-corrected chi connectivity index (χ2v) is 3.33. The van der Waals surface area contributed by atoms with Crippen LogP contribution in [0.4, 0.5) is 0 Å². The number of hydrogen-bond acceptors (Lipinski definition) is 3. The summed E-state index contributed by atoms with van der Waals surface area (Å²) in [7, 11) is 0. The third kappa shape index (κ3) is 6.10. The lowest BCUT2D eigenvalue weighted by molar-refractivity contribution is -0.125. The van der Waals surface area contributed by atoms with Gasteiger partial charge in [0.15, 0.2) is 0 Å². The van der Waals surface area contributed by atoms with Crippen LogP contribution in [0.2, 0.25) is 0 Å². The smallest absolute Gasteiger partial charge is 0.233 e. The maximum atomic E-state index is 10.9. The summed E-state index contributed by atoms with van der Waals surface area (Å²) >= 11 is 0. The number of carbonyl (C=O) groups excluding carboxylic acids is 2. The highest BCUT2D eigenvalue weighted by Gasteiger charge is 2.17. The van der Waals surface area contributed by atoms with Crippen LogP contribution in [0.3, 0.4) is 0 Å². The Balaban J connectivity index is 3.88. The number of rotatable bonds is 4. The average Bonchev–Trinajstić information content (AvgIpc) is 1.98. The molecule has 0 rings (SSSR count). The lowest BCUT2D eigenvalue weighted by Gasteiger charge is -2.27. The first-order valence-corrected chi connectivity index (χ1v) is 4.22. The lowest BCUT2D eigenvalue weighted by atomic mass is 10.2. The fourth-order valence-electron chi connectivity index (χ4n) is 0.786. The van der Waals surface area contributed by atoms with Crippen molar-refractivity contribution in [3.8, 4) is 0 Å². The summed E-state index contributed by atoms with van der Waals surface area (Å²) in [5.74, 6) is -0.262. The Morgan fingerprint density at radius 1 is 1.31 bits per heavy atom. The van der Waals surface area contributed by atoms with Crippen molar-refractivity contribution < 1.29 is 9.59 Å². The molecule has 5 heteroatoms. The van der Waals surface area contributed by atoms with Crippen molar-refractivity contribution >= 4 is 11.8 Å². The molecule has 0 radical (unpaired) electrons. The first kappa shape index (κ1) is 11.9. The Morgan fingerprint density at radius 3 is 2.23 bits per heavy atom. The molecule has 0 aromatic rings. The van der Waals surface area contributed by atoms with Gasteiger partial charge in [-0.05, 0) is 13.8 Å². The molecule has 0 atom stereocenters. The second-order valence-electron chi connectivity index (χ2n) is 3.33. The van der Waals surface area contributed by atoms with Gasteiger partial charge in [0.25, 0.3) is 0 Å². The van der Waals surface area contributed by atoms with Crippen molar-refractivity contribution in [1.29, 1.82) is 0 Å². The zero-order valence-corrected chi connectivity index (χ0v) is 8.52. The van der Waals surface area contributed by atoms with Gasteiger partial charge in [-0.15, -0.1) is 0 Å². The van der Waals surface area contributed by atoms with E-state index in [9.17, 15) is 9.59 Å². The Morgan fingerprint density at radius 2 is 1.85 bits per heavy atom. The maximum Gasteiger partial charge on any atom is 0.233 e. The van der Waals surface area contributed by atoms with E-state index in [0.717, 1.165) is 0 Å². The minimum atomic E-state index is -0.628. The SMILES string of the molecule is CCC(=O)NNC(C)(C)NC(C)=O. The molecule has 0 aliphatic rings. The summed E-state index contributed by atoms with van der Waals surface area (Å²) < 4.78 is 0. The predicted octanol–water partition coefficient (Wildman–Crippen LogP) is -0.111. The van der Waals surface area contributed by atoms with Gasteiger partial charge in [0.2, 0.25) is 11.8 Å². The van der Waals surface area contributed by atoms with Crippen molar-refractivity contribution in [2.45, 2.75) is 39.8 Å². The van der Waals surface area contributed by atoms with Gasteiger partial charge in [0.1, 0.15) is 5.66 Å². The number of carbonyl (C=O) groups is 2. The normalized spacial score (nSPS) is 10.8. The van der Waals surface area contributed by atoms with E-state index in [0.29, 0.717) is 6.42 Å². The van der Waals surface area contributed by atoms with E-state index in [1.807, 2.05) is 0 Å². The molecule has 0 bridgehead atoms. The van der Waals surface area contributed by atoms with Gasteiger partial charge < -0.3 is 5.32 Å². The van der Waals surface area contributed by atoms with Crippen LogP contribution in [0.15, 0.2) is 0 Å².